The van der Waals surface area contributed by atoms with Gasteiger partial charge in [0.25, 0.3) is 0 Å². The largest absolute Gasteiger partial charge is 0.391 e. The topological polar surface area (TPSA) is 66.4 Å². The molecule has 19 heavy (non-hydrogen) atoms. The normalized spacial score (nSPS) is 13.6. The number of rotatable bonds is 9. The molecule has 0 aromatic carbocycles. The second kappa shape index (κ2) is 7.99. The highest BCUT2D eigenvalue weighted by molar-refractivity contribution is 7.89. The van der Waals surface area contributed by atoms with E-state index in [1.165, 1.54) is 11.3 Å². The number of aliphatic hydroxyl groups is 1. The van der Waals surface area contributed by atoms with Crippen molar-refractivity contribution in [3.05, 3.63) is 16.3 Å². The molecule has 2 N–H and O–H groups in total. The minimum atomic E-state index is -3.51. The maximum atomic E-state index is 12.3. The van der Waals surface area contributed by atoms with Crippen molar-refractivity contribution in [2.45, 2.75) is 63.5 Å². The fraction of sp³-hybridized carbons (Fsp3) is 0.692. The molecule has 0 spiro atoms. The smallest absolute Gasteiger partial charge is 0.242 e. The molecule has 1 unspecified atom stereocenters. The fourth-order valence-electron chi connectivity index (χ4n) is 2.03. The molecule has 0 saturated carbocycles. The summed E-state index contributed by atoms with van der Waals surface area (Å²) in [6.45, 7) is 3.92. The van der Waals surface area contributed by atoms with Crippen LogP contribution in [0.25, 0.3) is 0 Å². The first-order valence-electron chi connectivity index (χ1n) is 6.74. The van der Waals surface area contributed by atoms with E-state index < -0.39 is 10.0 Å². The molecule has 1 rings (SSSR count). The number of unbranched alkanes of at least 4 members (excludes halogenated alkanes) is 1. The molecule has 1 aromatic heterocycles. The lowest BCUT2D eigenvalue weighted by Gasteiger charge is -2.18. The van der Waals surface area contributed by atoms with Crippen LogP contribution in [0.5, 0.6) is 0 Å². The number of aliphatic hydroxyl groups excluding tert-OH is 1. The van der Waals surface area contributed by atoms with E-state index in [0.29, 0.717) is 4.88 Å². The third-order valence-electron chi connectivity index (χ3n) is 3.00. The van der Waals surface area contributed by atoms with Gasteiger partial charge < -0.3 is 5.11 Å². The molecule has 0 radical (unpaired) electrons. The lowest BCUT2D eigenvalue weighted by molar-refractivity contribution is 0.282. The molecule has 4 nitrogen and oxygen atoms in total. The van der Waals surface area contributed by atoms with E-state index in [1.54, 1.807) is 11.4 Å². The molecule has 0 aliphatic heterocycles. The number of hydrogen-bond acceptors (Lipinski definition) is 4. The van der Waals surface area contributed by atoms with E-state index in [4.69, 9.17) is 5.11 Å². The third kappa shape index (κ3) is 4.87. The average molecular weight is 305 g/mol. The first-order valence-corrected chi connectivity index (χ1v) is 9.11. The summed E-state index contributed by atoms with van der Waals surface area (Å²) in [6, 6.07) is 1.54. The summed E-state index contributed by atoms with van der Waals surface area (Å²) >= 11 is 1.27. The van der Waals surface area contributed by atoms with Gasteiger partial charge >= 0.3 is 0 Å². The predicted molar refractivity (Wildman–Crippen MR) is 78.8 cm³/mol. The van der Waals surface area contributed by atoms with Gasteiger partial charge in [0.1, 0.15) is 0 Å². The fourth-order valence-corrected chi connectivity index (χ4v) is 4.63. The van der Waals surface area contributed by atoms with Crippen molar-refractivity contribution in [2.24, 2.45) is 0 Å². The zero-order valence-electron chi connectivity index (χ0n) is 11.6. The van der Waals surface area contributed by atoms with Crippen molar-refractivity contribution in [1.29, 1.82) is 0 Å². The summed E-state index contributed by atoms with van der Waals surface area (Å²) in [5.41, 5.74) is 0. The third-order valence-corrected chi connectivity index (χ3v) is 5.64. The Balaban J connectivity index is 2.81. The first-order chi connectivity index (χ1) is 9.05. The Morgan fingerprint density at radius 3 is 2.63 bits per heavy atom. The summed E-state index contributed by atoms with van der Waals surface area (Å²) in [5, 5.41) is 10.9. The maximum Gasteiger partial charge on any atom is 0.242 e. The molecule has 0 bridgehead atoms. The Hall–Kier alpha value is -0.430. The van der Waals surface area contributed by atoms with Crippen molar-refractivity contribution in [2.75, 3.05) is 0 Å². The molecular formula is C13H23NO3S2. The zero-order chi connectivity index (χ0) is 14.3. The van der Waals surface area contributed by atoms with Crippen LogP contribution in [0.1, 0.15) is 50.8 Å². The van der Waals surface area contributed by atoms with Crippen LogP contribution >= 0.6 is 11.3 Å². The number of nitrogens with one attached hydrogen (secondary N) is 1. The van der Waals surface area contributed by atoms with Crippen molar-refractivity contribution in [3.63, 3.8) is 0 Å². The number of hydrogen-bond donors (Lipinski definition) is 2. The zero-order valence-corrected chi connectivity index (χ0v) is 13.2. The Bertz CT molecular complexity index is 468. The van der Waals surface area contributed by atoms with Gasteiger partial charge in [-0.2, -0.15) is 0 Å². The van der Waals surface area contributed by atoms with Crippen LogP contribution in [-0.4, -0.2) is 19.6 Å². The minimum absolute atomic E-state index is 0.0126. The second-order valence-corrected chi connectivity index (χ2v) is 7.30. The van der Waals surface area contributed by atoms with Crippen molar-refractivity contribution < 1.29 is 13.5 Å². The lowest BCUT2D eigenvalue weighted by Crippen LogP contribution is -2.35. The summed E-state index contributed by atoms with van der Waals surface area (Å²) in [4.78, 5) is 0.718. The van der Waals surface area contributed by atoms with Crippen molar-refractivity contribution in [1.82, 2.24) is 4.72 Å². The van der Waals surface area contributed by atoms with Gasteiger partial charge in [0.15, 0.2) is 0 Å². The molecule has 1 heterocycles. The molecule has 6 heteroatoms. The van der Waals surface area contributed by atoms with Gasteiger partial charge in [0, 0.05) is 10.9 Å². The van der Waals surface area contributed by atoms with Gasteiger partial charge in [-0.15, -0.1) is 11.3 Å². The van der Waals surface area contributed by atoms with Crippen LogP contribution in [0.2, 0.25) is 0 Å². The Kier molecular flexibility index (Phi) is 6.99. The number of sulfonamides is 1. The Morgan fingerprint density at radius 2 is 2.05 bits per heavy atom. The van der Waals surface area contributed by atoms with E-state index in [2.05, 4.69) is 18.6 Å². The van der Waals surface area contributed by atoms with E-state index in [0.717, 1.165) is 32.1 Å². The Labute approximate surface area is 119 Å². The molecule has 0 aliphatic carbocycles. The van der Waals surface area contributed by atoms with Crippen LogP contribution in [-0.2, 0) is 16.6 Å². The quantitative estimate of drug-likeness (QED) is 0.737. The van der Waals surface area contributed by atoms with Gasteiger partial charge in [-0.25, -0.2) is 13.1 Å². The van der Waals surface area contributed by atoms with Crippen LogP contribution < -0.4 is 4.72 Å². The van der Waals surface area contributed by atoms with E-state index in [9.17, 15) is 8.42 Å². The van der Waals surface area contributed by atoms with Gasteiger partial charge in [0.2, 0.25) is 10.0 Å². The van der Waals surface area contributed by atoms with Gasteiger partial charge in [-0.1, -0.05) is 33.1 Å². The SMILES string of the molecule is CCCCC(CCC)NS(=O)(=O)c1ccsc1CO. The van der Waals surface area contributed by atoms with Crippen LogP contribution in [0.15, 0.2) is 16.3 Å². The maximum absolute atomic E-state index is 12.3. The highest BCUT2D eigenvalue weighted by Gasteiger charge is 2.22. The molecule has 1 aromatic rings. The summed E-state index contributed by atoms with van der Waals surface area (Å²) in [7, 11) is -3.51. The van der Waals surface area contributed by atoms with Gasteiger partial charge in [-0.3, -0.25) is 0 Å². The van der Waals surface area contributed by atoms with Crippen LogP contribution in [0.3, 0.4) is 0 Å². The van der Waals surface area contributed by atoms with Crippen LogP contribution in [0, 0.1) is 0 Å². The van der Waals surface area contributed by atoms with Crippen LogP contribution in [0.4, 0.5) is 0 Å². The highest BCUT2D eigenvalue weighted by atomic mass is 32.2. The van der Waals surface area contributed by atoms with E-state index in [-0.39, 0.29) is 17.5 Å². The minimum Gasteiger partial charge on any atom is -0.391 e. The molecule has 0 aliphatic rings. The highest BCUT2D eigenvalue weighted by Crippen LogP contribution is 2.22. The monoisotopic (exact) mass is 305 g/mol. The summed E-state index contributed by atoms with van der Waals surface area (Å²) < 4.78 is 27.4. The summed E-state index contributed by atoms with van der Waals surface area (Å²) in [6.07, 6.45) is 4.74. The molecule has 0 saturated heterocycles. The molecule has 0 amide bonds. The number of thiophene rings is 1. The first kappa shape index (κ1) is 16.6. The summed E-state index contributed by atoms with van der Waals surface area (Å²) in [5.74, 6) is 0. The van der Waals surface area contributed by atoms with E-state index >= 15 is 0 Å². The molecule has 110 valence electrons. The van der Waals surface area contributed by atoms with Gasteiger partial charge in [0.05, 0.1) is 11.5 Å². The second-order valence-electron chi connectivity index (χ2n) is 4.62. The molecular weight excluding hydrogens is 282 g/mol. The Morgan fingerprint density at radius 1 is 1.32 bits per heavy atom. The van der Waals surface area contributed by atoms with Crippen molar-refractivity contribution >= 4 is 21.4 Å². The standard InChI is InChI=1S/C13H23NO3S2/c1-3-5-7-11(6-4-2)14-19(16,17)13-8-9-18-12(13)10-15/h8-9,11,14-15H,3-7,10H2,1-2H3. The van der Waals surface area contributed by atoms with Crippen molar-refractivity contribution in [3.8, 4) is 0 Å². The molecule has 0 fully saturated rings. The average Bonchev–Trinajstić information content (AvgIpc) is 2.85. The van der Waals surface area contributed by atoms with Gasteiger partial charge in [-0.05, 0) is 24.3 Å². The van der Waals surface area contributed by atoms with E-state index in [1.807, 2.05) is 0 Å². The lowest BCUT2D eigenvalue weighted by atomic mass is 10.1. The molecule has 1 atom stereocenters. The predicted octanol–water partition coefficient (Wildman–Crippen LogP) is 2.88.